The van der Waals surface area contributed by atoms with Gasteiger partial charge in [-0.1, -0.05) is 6.07 Å². The molecule has 0 unspecified atom stereocenters. The van der Waals surface area contributed by atoms with Crippen molar-refractivity contribution in [3.05, 3.63) is 71.7 Å². The number of carbonyl (C=O) groups is 1. The van der Waals surface area contributed by atoms with Gasteiger partial charge in [0.15, 0.2) is 17.5 Å². The van der Waals surface area contributed by atoms with E-state index in [1.54, 1.807) is 12.1 Å². The first-order valence-electron chi connectivity index (χ1n) is 7.28. The van der Waals surface area contributed by atoms with Gasteiger partial charge in [0.1, 0.15) is 5.82 Å². The van der Waals surface area contributed by atoms with E-state index >= 15 is 0 Å². The highest BCUT2D eigenvalue weighted by atomic mass is 19.2. The molecular weight excluding hydrogens is 349 g/mol. The standard InChI is InChI=1S/C17H11F3N4O2/c18-11-4-5-12(15(20)14(11)19)23-17-21-7-6-13(24-17)22-10-3-1-2-9(8-10)16(25)26/h1-8H,(H,25,26)(H2,21,22,23,24). The first kappa shape index (κ1) is 17.2. The minimum absolute atomic E-state index is 0.0608. The van der Waals surface area contributed by atoms with Crippen LogP contribution in [0.2, 0.25) is 0 Å². The van der Waals surface area contributed by atoms with Gasteiger partial charge in [0.2, 0.25) is 5.95 Å². The summed E-state index contributed by atoms with van der Waals surface area (Å²) in [7, 11) is 0. The molecule has 0 radical (unpaired) electrons. The van der Waals surface area contributed by atoms with Crippen LogP contribution >= 0.6 is 0 Å². The Balaban J connectivity index is 1.82. The molecule has 6 nitrogen and oxygen atoms in total. The maximum atomic E-state index is 13.7. The van der Waals surface area contributed by atoms with Crippen molar-refractivity contribution < 1.29 is 23.1 Å². The number of halogens is 3. The number of aromatic carboxylic acids is 1. The van der Waals surface area contributed by atoms with E-state index in [1.165, 1.54) is 24.4 Å². The number of carboxylic acids is 1. The molecule has 3 N–H and O–H groups in total. The average Bonchev–Trinajstić information content (AvgIpc) is 2.63. The van der Waals surface area contributed by atoms with Gasteiger partial charge in [-0.25, -0.2) is 22.9 Å². The van der Waals surface area contributed by atoms with Crippen molar-refractivity contribution in [1.82, 2.24) is 9.97 Å². The zero-order valence-electron chi connectivity index (χ0n) is 13.0. The Bertz CT molecular complexity index is 982. The van der Waals surface area contributed by atoms with E-state index in [0.29, 0.717) is 5.69 Å². The SMILES string of the molecule is O=C(O)c1cccc(Nc2ccnc(Nc3ccc(F)c(F)c3F)n2)c1. The Morgan fingerprint density at radius 1 is 1.00 bits per heavy atom. The van der Waals surface area contributed by atoms with Crippen LogP contribution in [0.15, 0.2) is 48.7 Å². The summed E-state index contributed by atoms with van der Waals surface area (Å²) in [6.07, 6.45) is 1.36. The fourth-order valence-corrected chi connectivity index (χ4v) is 2.11. The molecule has 26 heavy (non-hydrogen) atoms. The Kier molecular flexibility index (Phi) is 4.70. The molecule has 3 aromatic rings. The second-order valence-electron chi connectivity index (χ2n) is 5.12. The number of nitrogens with zero attached hydrogens (tertiary/aromatic N) is 2. The second-order valence-corrected chi connectivity index (χ2v) is 5.12. The van der Waals surface area contributed by atoms with Gasteiger partial charge in [0.25, 0.3) is 0 Å². The molecule has 0 amide bonds. The summed E-state index contributed by atoms with van der Waals surface area (Å²) < 4.78 is 40.0. The number of hydrogen-bond donors (Lipinski definition) is 3. The van der Waals surface area contributed by atoms with Crippen LogP contribution in [0.3, 0.4) is 0 Å². The van der Waals surface area contributed by atoms with Crippen molar-refractivity contribution in [2.24, 2.45) is 0 Å². The summed E-state index contributed by atoms with van der Waals surface area (Å²) in [5, 5.41) is 14.3. The van der Waals surface area contributed by atoms with E-state index in [2.05, 4.69) is 20.6 Å². The molecule has 0 aliphatic heterocycles. The van der Waals surface area contributed by atoms with Gasteiger partial charge in [0.05, 0.1) is 11.3 Å². The molecule has 0 atom stereocenters. The van der Waals surface area contributed by atoms with Crippen LogP contribution in [0.5, 0.6) is 0 Å². The normalized spacial score (nSPS) is 10.4. The van der Waals surface area contributed by atoms with Crippen molar-refractivity contribution in [2.45, 2.75) is 0 Å². The van der Waals surface area contributed by atoms with Crippen molar-refractivity contribution in [2.75, 3.05) is 10.6 Å². The molecular formula is C17H11F3N4O2. The van der Waals surface area contributed by atoms with Gasteiger partial charge in [-0.2, -0.15) is 4.98 Å². The Hall–Kier alpha value is -3.62. The third-order valence-corrected chi connectivity index (χ3v) is 3.32. The first-order valence-corrected chi connectivity index (χ1v) is 7.28. The molecule has 0 saturated carbocycles. The average molecular weight is 360 g/mol. The first-order chi connectivity index (χ1) is 12.4. The number of carboxylic acid groups (broad SMARTS) is 1. The fraction of sp³-hybridized carbons (Fsp3) is 0. The number of aromatic nitrogens is 2. The van der Waals surface area contributed by atoms with Crippen molar-refractivity contribution in [3.8, 4) is 0 Å². The van der Waals surface area contributed by atoms with E-state index in [1.807, 2.05) is 0 Å². The molecule has 0 aliphatic rings. The van der Waals surface area contributed by atoms with Crippen LogP contribution in [0.1, 0.15) is 10.4 Å². The van der Waals surface area contributed by atoms with E-state index in [9.17, 15) is 18.0 Å². The van der Waals surface area contributed by atoms with E-state index in [4.69, 9.17) is 5.11 Å². The van der Waals surface area contributed by atoms with Crippen LogP contribution in [0, 0.1) is 17.5 Å². The van der Waals surface area contributed by atoms with Gasteiger partial charge in [-0.05, 0) is 36.4 Å². The van der Waals surface area contributed by atoms with Crippen LogP contribution in [0.25, 0.3) is 0 Å². The molecule has 3 rings (SSSR count). The van der Waals surface area contributed by atoms with E-state index < -0.39 is 23.4 Å². The van der Waals surface area contributed by atoms with Gasteiger partial charge in [-0.15, -0.1) is 0 Å². The minimum atomic E-state index is -1.60. The van der Waals surface area contributed by atoms with Crippen LogP contribution in [-0.2, 0) is 0 Å². The maximum absolute atomic E-state index is 13.7. The summed E-state index contributed by atoms with van der Waals surface area (Å²) in [5.41, 5.74) is 0.230. The smallest absolute Gasteiger partial charge is 0.335 e. The number of nitrogens with one attached hydrogen (secondary N) is 2. The summed E-state index contributed by atoms with van der Waals surface area (Å²) in [4.78, 5) is 18.9. The predicted molar refractivity (Wildman–Crippen MR) is 88.3 cm³/mol. The number of benzene rings is 2. The highest BCUT2D eigenvalue weighted by molar-refractivity contribution is 5.89. The number of anilines is 4. The van der Waals surface area contributed by atoms with Gasteiger partial charge >= 0.3 is 5.97 Å². The zero-order chi connectivity index (χ0) is 18.7. The zero-order valence-corrected chi connectivity index (χ0v) is 13.0. The van der Waals surface area contributed by atoms with Crippen LogP contribution in [-0.4, -0.2) is 21.0 Å². The topological polar surface area (TPSA) is 87.1 Å². The Morgan fingerprint density at radius 3 is 2.58 bits per heavy atom. The third-order valence-electron chi connectivity index (χ3n) is 3.32. The van der Waals surface area contributed by atoms with Gasteiger partial charge in [-0.3, -0.25) is 0 Å². The molecule has 9 heteroatoms. The monoisotopic (exact) mass is 360 g/mol. The highest BCUT2D eigenvalue weighted by Crippen LogP contribution is 2.23. The number of hydrogen-bond acceptors (Lipinski definition) is 5. The van der Waals surface area contributed by atoms with Crippen molar-refractivity contribution >= 4 is 29.1 Å². The minimum Gasteiger partial charge on any atom is -0.478 e. The molecule has 0 spiro atoms. The quantitative estimate of drug-likeness (QED) is 0.595. The molecule has 0 fully saturated rings. The van der Waals surface area contributed by atoms with Gasteiger partial charge in [0, 0.05) is 11.9 Å². The van der Waals surface area contributed by atoms with E-state index in [-0.39, 0.29) is 23.0 Å². The molecule has 1 aromatic heterocycles. The maximum Gasteiger partial charge on any atom is 0.335 e. The third kappa shape index (κ3) is 3.72. The molecule has 0 saturated heterocycles. The molecule has 2 aromatic carbocycles. The van der Waals surface area contributed by atoms with Gasteiger partial charge < -0.3 is 15.7 Å². The summed E-state index contributed by atoms with van der Waals surface area (Å²) in [6.45, 7) is 0. The highest BCUT2D eigenvalue weighted by Gasteiger charge is 2.14. The molecule has 0 bridgehead atoms. The Labute approximate surface area is 145 Å². The molecule has 0 aliphatic carbocycles. The summed E-state index contributed by atoms with van der Waals surface area (Å²) in [5.74, 6) is -5.14. The second kappa shape index (κ2) is 7.09. The van der Waals surface area contributed by atoms with Crippen LogP contribution in [0.4, 0.5) is 36.3 Å². The van der Waals surface area contributed by atoms with E-state index in [0.717, 1.165) is 12.1 Å². The lowest BCUT2D eigenvalue weighted by molar-refractivity contribution is 0.0697. The Morgan fingerprint density at radius 2 is 1.81 bits per heavy atom. The number of rotatable bonds is 5. The molecule has 1 heterocycles. The lowest BCUT2D eigenvalue weighted by Crippen LogP contribution is -2.04. The van der Waals surface area contributed by atoms with Crippen LogP contribution < -0.4 is 10.6 Å². The lowest BCUT2D eigenvalue weighted by atomic mass is 10.2. The predicted octanol–water partition coefficient (Wildman–Crippen LogP) is 4.08. The largest absolute Gasteiger partial charge is 0.478 e. The lowest BCUT2D eigenvalue weighted by Gasteiger charge is -2.10. The summed E-state index contributed by atoms with van der Waals surface area (Å²) in [6, 6.07) is 9.34. The summed E-state index contributed by atoms with van der Waals surface area (Å²) >= 11 is 0. The molecule has 132 valence electrons. The van der Waals surface area contributed by atoms with Crippen molar-refractivity contribution in [3.63, 3.8) is 0 Å². The fourth-order valence-electron chi connectivity index (χ4n) is 2.11. The van der Waals surface area contributed by atoms with Crippen molar-refractivity contribution in [1.29, 1.82) is 0 Å².